The van der Waals surface area contributed by atoms with E-state index < -0.39 is 5.09 Å². The van der Waals surface area contributed by atoms with Crippen molar-refractivity contribution in [3.8, 4) is 0 Å². The zero-order valence-corrected chi connectivity index (χ0v) is 30.0. The Hall–Kier alpha value is -2.58. The summed E-state index contributed by atoms with van der Waals surface area (Å²) in [5.74, 6) is 0. The average molecular weight is 824 g/mol. The second-order valence-corrected chi connectivity index (χ2v) is 10.4. The number of rotatable bonds is 4. The average Bonchev–Trinajstić information content (AvgIpc) is 3.46. The standard InChI is InChI=1S/2C14H20N4S.Bi.NO3/c2*1-12(13-8-4-5-9-15-13)16-17-14(19)18-10-6-2-3-7-11-18;;2-1(3)4/h2*4-5,8-9H,2-3,6-7,10-11H2,1H3,(H,15,17,19);;/q;;+3;-1. The van der Waals surface area contributed by atoms with Crippen molar-refractivity contribution in [2.24, 2.45) is 10.2 Å². The summed E-state index contributed by atoms with van der Waals surface area (Å²) in [7, 11) is 0. The molecule has 0 unspecified atom stereocenters. The number of likely N-dealkylation sites (tertiary alicyclic amines) is 2. The third-order valence-corrected chi connectivity index (χ3v) is 7.17. The molecule has 15 heteroatoms. The number of aromatic nitrogens is 2. The fraction of sp³-hybridized carbons (Fsp3) is 0.500. The minimum absolute atomic E-state index is 0. The van der Waals surface area contributed by atoms with E-state index in [0.717, 1.165) is 49.0 Å². The van der Waals surface area contributed by atoms with E-state index in [-0.39, 0.29) is 26.2 Å². The Bertz CT molecular complexity index is 1070. The number of thiol groups is 2. The van der Waals surface area contributed by atoms with Crippen LogP contribution in [0, 0.1) is 15.3 Å². The molecular formula is C28H40BiN9O3S2+2. The van der Waals surface area contributed by atoms with Crippen LogP contribution in [-0.2, 0) is 24.4 Å². The van der Waals surface area contributed by atoms with Gasteiger partial charge in [0.2, 0.25) is 0 Å². The van der Waals surface area contributed by atoms with E-state index in [4.69, 9.17) is 15.3 Å². The van der Waals surface area contributed by atoms with Gasteiger partial charge in [-0.1, -0.05) is 37.8 Å². The zero-order chi connectivity index (χ0) is 30.6. The van der Waals surface area contributed by atoms with Crippen LogP contribution in [0.5, 0.6) is 0 Å². The molecule has 230 valence electrons. The fourth-order valence-corrected chi connectivity index (χ4v) is 4.65. The predicted octanol–water partition coefficient (Wildman–Crippen LogP) is 4.22. The summed E-state index contributed by atoms with van der Waals surface area (Å²) >= 11 is 8.91. The Kier molecular flexibility index (Phi) is 20.5. The fourth-order valence-electron chi connectivity index (χ4n) is 4.16. The number of pyridine rings is 2. The third-order valence-electron chi connectivity index (χ3n) is 6.43. The SMILES string of the molecule is C/C(=N/[N-]C(=[SH+])N1CCCCCC1)c1ccccn1.C/C(=N\[N-]C(=[SH+])N1CCCCCC1)c1ccccn1.O=[N+]([O-])[O-].[Bi+3]. The van der Waals surface area contributed by atoms with Gasteiger partial charge in [-0.3, -0.25) is 9.97 Å². The largest absolute Gasteiger partial charge is 3.00 e. The van der Waals surface area contributed by atoms with Crippen LogP contribution in [0.4, 0.5) is 0 Å². The summed E-state index contributed by atoms with van der Waals surface area (Å²) in [6.45, 7) is 7.94. The van der Waals surface area contributed by atoms with Gasteiger partial charge < -0.3 is 36.4 Å². The molecule has 2 aromatic rings. The molecule has 0 amide bonds. The maximum Gasteiger partial charge on any atom is 3.00 e. The topological polar surface area (TPSA) is 151 Å². The van der Waals surface area contributed by atoms with Crippen molar-refractivity contribution >= 4 is 72.3 Å². The minimum Gasteiger partial charge on any atom is -0.515 e. The molecule has 0 spiro atoms. The van der Waals surface area contributed by atoms with Crippen molar-refractivity contribution in [1.82, 2.24) is 19.8 Å². The number of nitrogens with zero attached hydrogens (tertiary/aromatic N) is 9. The molecule has 12 nitrogen and oxygen atoms in total. The first kappa shape index (κ1) is 38.4. The first-order chi connectivity index (χ1) is 20.3. The molecule has 0 saturated carbocycles. The summed E-state index contributed by atoms with van der Waals surface area (Å²) in [4.78, 5) is 21.1. The van der Waals surface area contributed by atoms with Crippen molar-refractivity contribution < 1.29 is 5.09 Å². The first-order valence-electron chi connectivity index (χ1n) is 14.0. The van der Waals surface area contributed by atoms with Crippen LogP contribution in [0.15, 0.2) is 59.0 Å². The van der Waals surface area contributed by atoms with Gasteiger partial charge in [0.25, 0.3) is 0 Å². The second kappa shape index (κ2) is 22.9. The Balaban J connectivity index is 0.000000375. The van der Waals surface area contributed by atoms with E-state index >= 15 is 0 Å². The molecular weight excluding hydrogens is 783 g/mol. The van der Waals surface area contributed by atoms with Gasteiger partial charge >= 0.3 is 26.2 Å². The van der Waals surface area contributed by atoms with Gasteiger partial charge in [0.15, 0.2) is 34.7 Å². The Morgan fingerprint density at radius 3 is 1.33 bits per heavy atom. The van der Waals surface area contributed by atoms with Crippen molar-refractivity contribution in [3.63, 3.8) is 0 Å². The van der Waals surface area contributed by atoms with Crippen LogP contribution < -0.4 is 0 Å². The van der Waals surface area contributed by atoms with Crippen LogP contribution in [0.2, 0.25) is 0 Å². The zero-order valence-electron chi connectivity index (χ0n) is 24.7. The summed E-state index contributed by atoms with van der Waals surface area (Å²) in [5.41, 5.74) is 11.8. The number of hydrogen-bond acceptors (Lipinski definition) is 7. The van der Waals surface area contributed by atoms with Crippen LogP contribution in [0.3, 0.4) is 0 Å². The second-order valence-electron chi connectivity index (χ2n) is 9.63. The first-order valence-corrected chi connectivity index (χ1v) is 14.9. The van der Waals surface area contributed by atoms with Gasteiger partial charge in [-0.2, -0.15) is 0 Å². The van der Waals surface area contributed by atoms with Gasteiger partial charge in [-0.05, 0) is 63.8 Å². The Morgan fingerprint density at radius 2 is 1.05 bits per heavy atom. The molecule has 43 heavy (non-hydrogen) atoms. The third kappa shape index (κ3) is 16.7. The van der Waals surface area contributed by atoms with Gasteiger partial charge in [0, 0.05) is 50.0 Å². The smallest absolute Gasteiger partial charge is 0.515 e. The van der Waals surface area contributed by atoms with Crippen molar-refractivity contribution in [2.75, 3.05) is 26.2 Å². The molecule has 2 aliphatic rings. The quantitative estimate of drug-likeness (QED) is 0.0853. The van der Waals surface area contributed by atoms with E-state index in [1.165, 1.54) is 51.4 Å². The van der Waals surface area contributed by atoms with Gasteiger partial charge in [-0.25, -0.2) is 9.80 Å². The molecule has 4 heterocycles. The van der Waals surface area contributed by atoms with Crippen LogP contribution in [0.25, 0.3) is 10.9 Å². The van der Waals surface area contributed by atoms with Gasteiger partial charge in [0.05, 0.1) is 16.5 Å². The Morgan fingerprint density at radius 1 is 0.721 bits per heavy atom. The van der Waals surface area contributed by atoms with E-state index in [9.17, 15) is 0 Å². The predicted molar refractivity (Wildman–Crippen MR) is 183 cm³/mol. The number of hydrogen-bond donors (Lipinski definition) is 0. The van der Waals surface area contributed by atoms with Crippen molar-refractivity contribution in [1.29, 1.82) is 0 Å². The summed E-state index contributed by atoms with van der Waals surface area (Å²) in [6, 6.07) is 11.5. The molecule has 2 fully saturated rings. The van der Waals surface area contributed by atoms with E-state index in [2.05, 4.69) is 65.3 Å². The molecule has 2 aromatic heterocycles. The summed E-state index contributed by atoms with van der Waals surface area (Å²) < 4.78 is 0. The molecule has 0 atom stereocenters. The molecule has 0 bridgehead atoms. The molecule has 2 radical (unpaired) electrons. The van der Waals surface area contributed by atoms with E-state index in [1.54, 1.807) is 12.4 Å². The van der Waals surface area contributed by atoms with E-state index in [0.29, 0.717) is 10.2 Å². The van der Waals surface area contributed by atoms with Crippen LogP contribution in [0.1, 0.15) is 76.6 Å². The molecule has 4 rings (SSSR count). The van der Waals surface area contributed by atoms with Crippen LogP contribution in [-0.4, -0.2) is 98.9 Å². The maximum absolute atomic E-state index is 8.25. The van der Waals surface area contributed by atoms with E-state index in [1.807, 2.05) is 50.2 Å². The summed E-state index contributed by atoms with van der Waals surface area (Å²) in [5, 5.41) is 24.6. The molecule has 0 aromatic carbocycles. The van der Waals surface area contributed by atoms with Crippen LogP contribution >= 0.6 is 0 Å². The molecule has 0 aliphatic carbocycles. The Labute approximate surface area is 283 Å². The normalized spacial score (nSPS) is 16.3. The molecule has 2 saturated heterocycles. The monoisotopic (exact) mass is 823 g/mol. The van der Waals surface area contributed by atoms with Crippen molar-refractivity contribution in [2.45, 2.75) is 65.2 Å². The molecule has 2 aliphatic heterocycles. The molecule has 0 N–H and O–H groups in total. The minimum atomic E-state index is -1.75. The maximum atomic E-state index is 8.25. The van der Waals surface area contributed by atoms with Gasteiger partial charge in [-0.15, -0.1) is 0 Å². The van der Waals surface area contributed by atoms with Gasteiger partial charge in [0.1, 0.15) is 0 Å². The van der Waals surface area contributed by atoms with Crippen molar-refractivity contribution in [3.05, 3.63) is 86.4 Å². The summed E-state index contributed by atoms with van der Waals surface area (Å²) in [6.07, 6.45) is 13.6.